The van der Waals surface area contributed by atoms with Crippen molar-refractivity contribution in [1.29, 1.82) is 0 Å². The first-order valence-electron chi connectivity index (χ1n) is 11.8. The molecule has 1 fully saturated rings. The average molecular weight is 511 g/mol. The van der Waals surface area contributed by atoms with E-state index in [1.165, 1.54) is 10.6 Å². The second-order valence-electron chi connectivity index (χ2n) is 9.25. The highest BCUT2D eigenvalue weighted by Gasteiger charge is 2.33. The third-order valence-corrected chi connectivity index (χ3v) is 6.48. The van der Waals surface area contributed by atoms with Crippen molar-refractivity contribution in [1.82, 2.24) is 24.5 Å². The van der Waals surface area contributed by atoms with Crippen LogP contribution < -0.4 is 10.5 Å². The van der Waals surface area contributed by atoms with Gasteiger partial charge in [0.15, 0.2) is 0 Å². The monoisotopic (exact) mass is 510 g/mol. The minimum absolute atomic E-state index is 0.139. The van der Waals surface area contributed by atoms with Gasteiger partial charge in [-0.25, -0.2) is 9.97 Å². The minimum atomic E-state index is -4.56. The third kappa shape index (κ3) is 4.78. The zero-order chi connectivity index (χ0) is 26.5. The molecule has 8 nitrogen and oxygen atoms in total. The number of hydrogen-bond donors (Lipinski definition) is 0. The molecule has 1 saturated heterocycles. The van der Waals surface area contributed by atoms with Crippen LogP contribution in [0.15, 0.2) is 47.5 Å². The van der Waals surface area contributed by atoms with Gasteiger partial charge in [0, 0.05) is 43.8 Å². The van der Waals surface area contributed by atoms with E-state index in [0.29, 0.717) is 46.9 Å². The van der Waals surface area contributed by atoms with Crippen LogP contribution in [0.5, 0.6) is 0 Å². The number of fused-ring (bicyclic) bond motifs is 1. The predicted molar refractivity (Wildman–Crippen MR) is 132 cm³/mol. The number of alkyl halides is 3. The van der Waals surface area contributed by atoms with Gasteiger partial charge in [-0.15, -0.1) is 0 Å². The summed E-state index contributed by atoms with van der Waals surface area (Å²) in [4.78, 5) is 32.5. The van der Waals surface area contributed by atoms with Gasteiger partial charge >= 0.3 is 6.18 Å². The summed E-state index contributed by atoms with van der Waals surface area (Å²) in [5.74, 6) is 0.970. The summed E-state index contributed by atoms with van der Waals surface area (Å²) in [6.07, 6.45) is -2.10. The Morgan fingerprint density at radius 1 is 1.05 bits per heavy atom. The molecule has 2 atom stereocenters. The van der Waals surface area contributed by atoms with Crippen LogP contribution in [0.25, 0.3) is 22.2 Å². The normalized spacial score (nSPS) is 18.4. The van der Waals surface area contributed by atoms with E-state index in [-0.39, 0.29) is 17.8 Å². The fourth-order valence-corrected chi connectivity index (χ4v) is 4.52. The van der Waals surface area contributed by atoms with E-state index in [4.69, 9.17) is 9.72 Å². The van der Waals surface area contributed by atoms with Crippen LogP contribution in [-0.2, 0) is 18.0 Å². The highest BCUT2D eigenvalue weighted by Crippen LogP contribution is 2.33. The molecular weight excluding hydrogens is 485 g/mol. The predicted octanol–water partition coefficient (Wildman–Crippen LogP) is 4.39. The first-order chi connectivity index (χ1) is 17.5. The van der Waals surface area contributed by atoms with Crippen LogP contribution in [0.4, 0.5) is 19.0 Å². The Bertz CT molecular complexity index is 1530. The Labute approximate surface area is 210 Å². The fraction of sp³-hybridized carbons (Fsp3) is 0.346. The van der Waals surface area contributed by atoms with Gasteiger partial charge in [0.25, 0.3) is 5.56 Å². The number of aromatic nitrogens is 5. The van der Waals surface area contributed by atoms with Crippen molar-refractivity contribution in [3.8, 4) is 11.3 Å². The number of rotatable bonds is 3. The number of aryl methyl sites for hydroxylation is 2. The lowest BCUT2D eigenvalue weighted by Crippen LogP contribution is -2.43. The van der Waals surface area contributed by atoms with E-state index < -0.39 is 11.9 Å². The molecule has 0 radical (unpaired) electrons. The zero-order valence-electron chi connectivity index (χ0n) is 20.7. The molecule has 4 aromatic rings. The number of anilines is 1. The highest BCUT2D eigenvalue weighted by molar-refractivity contribution is 5.92. The van der Waals surface area contributed by atoms with Gasteiger partial charge in [-0.05, 0) is 56.7 Å². The Hall–Kier alpha value is -3.86. The van der Waals surface area contributed by atoms with Crippen LogP contribution in [0, 0.1) is 13.8 Å². The van der Waals surface area contributed by atoms with E-state index in [1.54, 1.807) is 26.2 Å². The maximum absolute atomic E-state index is 13.2. The Kier molecular flexibility index (Phi) is 6.18. The Morgan fingerprint density at radius 3 is 2.51 bits per heavy atom. The van der Waals surface area contributed by atoms with E-state index in [1.807, 2.05) is 30.9 Å². The lowest BCUT2D eigenvalue weighted by atomic mass is 10.1. The number of hydrogen-bond acceptors (Lipinski definition) is 7. The molecule has 4 aromatic heterocycles. The number of nitrogens with zero attached hydrogens (tertiary/aromatic N) is 6. The molecule has 0 amide bonds. The SMILES string of the molecule is Cc1cc([C@H]2CN(c3cc4c(=O)n(C)c(C)nc4c(-c4ccc(C(F)(F)F)nc4)n3)C[C@@H](C)O2)ccn1. The largest absolute Gasteiger partial charge is 0.433 e. The summed E-state index contributed by atoms with van der Waals surface area (Å²) in [5.41, 5.74) is 1.52. The van der Waals surface area contributed by atoms with Crippen molar-refractivity contribution >= 4 is 16.7 Å². The third-order valence-electron chi connectivity index (χ3n) is 6.48. The fourth-order valence-electron chi connectivity index (χ4n) is 4.52. The first-order valence-corrected chi connectivity index (χ1v) is 11.8. The standard InChI is InChI=1S/C26H25F3N6O2/c1-14-9-17(7-8-30-14)20-13-35(12-15(2)37-20)22-10-19-24(32-16(3)34(4)25(19)36)23(33-22)18-5-6-21(31-11-18)26(27,28)29/h5-11,15,20H,12-13H2,1-4H3/t15-,20-/m1/s1. The molecule has 0 N–H and O–H groups in total. The summed E-state index contributed by atoms with van der Waals surface area (Å²) in [5, 5.41) is 0.323. The quantitative estimate of drug-likeness (QED) is 0.404. The van der Waals surface area contributed by atoms with E-state index >= 15 is 0 Å². The van der Waals surface area contributed by atoms with E-state index in [0.717, 1.165) is 23.5 Å². The maximum Gasteiger partial charge on any atom is 0.433 e. The van der Waals surface area contributed by atoms with Gasteiger partial charge in [0.1, 0.15) is 34.7 Å². The highest BCUT2D eigenvalue weighted by atomic mass is 19.4. The molecule has 1 aliphatic heterocycles. The number of morpholine rings is 1. The van der Waals surface area contributed by atoms with Crippen molar-refractivity contribution < 1.29 is 17.9 Å². The van der Waals surface area contributed by atoms with Gasteiger partial charge in [0.05, 0.1) is 11.5 Å². The summed E-state index contributed by atoms with van der Waals surface area (Å²) in [6, 6.07) is 7.78. The minimum Gasteiger partial charge on any atom is -0.367 e. The molecule has 1 aliphatic rings. The van der Waals surface area contributed by atoms with Crippen LogP contribution in [0.3, 0.4) is 0 Å². The number of ether oxygens (including phenoxy) is 1. The first kappa shape index (κ1) is 24.8. The van der Waals surface area contributed by atoms with Crippen molar-refractivity contribution in [2.75, 3.05) is 18.0 Å². The molecule has 0 aromatic carbocycles. The summed E-state index contributed by atoms with van der Waals surface area (Å²) >= 11 is 0. The van der Waals surface area contributed by atoms with Crippen molar-refractivity contribution in [2.24, 2.45) is 7.05 Å². The van der Waals surface area contributed by atoms with Gasteiger partial charge < -0.3 is 9.64 Å². The van der Waals surface area contributed by atoms with E-state index in [2.05, 4.69) is 15.0 Å². The molecule has 0 aliphatic carbocycles. The lowest BCUT2D eigenvalue weighted by molar-refractivity contribution is -0.141. The molecule has 0 spiro atoms. The zero-order valence-corrected chi connectivity index (χ0v) is 20.7. The molecule has 192 valence electrons. The summed E-state index contributed by atoms with van der Waals surface area (Å²) in [6.45, 7) is 6.54. The van der Waals surface area contributed by atoms with Crippen molar-refractivity contribution in [3.63, 3.8) is 0 Å². The van der Waals surface area contributed by atoms with Crippen LogP contribution in [0.2, 0.25) is 0 Å². The van der Waals surface area contributed by atoms with Gasteiger partial charge in [0.2, 0.25) is 0 Å². The van der Waals surface area contributed by atoms with Crippen molar-refractivity contribution in [2.45, 2.75) is 39.2 Å². The molecule has 0 saturated carbocycles. The second kappa shape index (κ2) is 9.22. The van der Waals surface area contributed by atoms with Gasteiger partial charge in [-0.1, -0.05) is 0 Å². The van der Waals surface area contributed by atoms with Gasteiger partial charge in [-0.2, -0.15) is 13.2 Å². The second-order valence-corrected chi connectivity index (χ2v) is 9.25. The number of halogens is 3. The summed E-state index contributed by atoms with van der Waals surface area (Å²) < 4.78 is 47.0. The van der Waals surface area contributed by atoms with E-state index in [9.17, 15) is 18.0 Å². The molecule has 0 unspecified atom stereocenters. The Balaban J connectivity index is 1.64. The van der Waals surface area contributed by atoms with Crippen LogP contribution in [0.1, 0.15) is 35.8 Å². The molecule has 11 heteroatoms. The van der Waals surface area contributed by atoms with Crippen molar-refractivity contribution in [3.05, 3.63) is 75.9 Å². The molecular formula is C26H25F3N6O2. The van der Waals surface area contributed by atoms with Crippen LogP contribution in [-0.4, -0.2) is 43.7 Å². The molecule has 5 rings (SSSR count). The maximum atomic E-state index is 13.2. The number of pyridine rings is 3. The summed E-state index contributed by atoms with van der Waals surface area (Å²) in [7, 11) is 1.63. The topological polar surface area (TPSA) is 86.0 Å². The molecule has 0 bridgehead atoms. The average Bonchev–Trinajstić information content (AvgIpc) is 2.86. The lowest BCUT2D eigenvalue weighted by Gasteiger charge is -2.38. The van der Waals surface area contributed by atoms with Gasteiger partial charge in [-0.3, -0.25) is 19.3 Å². The van der Waals surface area contributed by atoms with Crippen LogP contribution >= 0.6 is 0 Å². The molecule has 37 heavy (non-hydrogen) atoms. The Morgan fingerprint density at radius 2 is 1.84 bits per heavy atom. The molecule has 5 heterocycles. The smallest absolute Gasteiger partial charge is 0.367 e.